The topological polar surface area (TPSA) is 102 Å². The Morgan fingerprint density at radius 2 is 0.160 bits per heavy atom. The highest BCUT2D eigenvalue weighted by atomic mass is 32.2. The Balaban J connectivity index is 1.80. The molecule has 6 atom stereocenters. The molecule has 6 unspecified atom stereocenters. The first-order valence-electron chi connectivity index (χ1n) is 67.9. The molecule has 4 aromatic rings. The van der Waals surface area contributed by atoms with Gasteiger partial charge in [-0.25, -0.2) is 0 Å². The highest BCUT2D eigenvalue weighted by molar-refractivity contribution is 7.89. The van der Waals surface area contributed by atoms with E-state index in [-0.39, 0.29) is 0 Å². The van der Waals surface area contributed by atoms with Crippen LogP contribution in [-0.4, -0.2) is 59.8 Å². The standard InChI is InChI=1S/C138H252O6S6/c1-7-13-19-25-31-37-43-49-55-61-67-73-79-85-91-97-103-109-115-145(139)133-121-127-128(122-134(133)146(140)116-110-104-98-92-86-80-74-68-62-56-50-44-38-32-26-20-14-8-2)130-124-136(148(142)118-112-106-100-94-88-82-76-70-64-58-52-46-40-34-28-22-16-10-4)138(150(144)120-114-108-102-96-90-84-78-72-66-60-54-48-42-36-30-24-18-12-6)126-132(130)131-125-137(149(143)119-113-107-101-95-89-83-77-71-65-59-53-47-41-35-29-23-17-11-5)135(123-129(127)131)147(141)117-111-105-99-93-87-81-75-69-63-57-51-45-39-33-27-21-15-9-3/h121-126H,7-120H2,1-6H3. The molecule has 0 bridgehead atoms. The Morgan fingerprint density at radius 3 is 0.227 bits per heavy atom. The third-order valence-corrected chi connectivity index (χ3v) is 43.0. The van der Waals surface area contributed by atoms with Gasteiger partial charge in [-0.05, 0) is 107 Å². The van der Waals surface area contributed by atoms with E-state index < -0.39 is 64.8 Å². The highest BCUT2D eigenvalue weighted by Gasteiger charge is 2.27. The van der Waals surface area contributed by atoms with Crippen LogP contribution in [0.5, 0.6) is 0 Å². The van der Waals surface area contributed by atoms with Crippen LogP contribution in [0, 0.1) is 0 Å². The van der Waals surface area contributed by atoms with E-state index in [2.05, 4.69) is 77.9 Å². The monoisotopic (exact) mass is 2200 g/mol. The quantitative estimate of drug-likeness (QED) is 0.0322. The lowest BCUT2D eigenvalue weighted by molar-refractivity contribution is 0.526. The molecular formula is C138H252O6S6. The van der Waals surface area contributed by atoms with E-state index in [1.807, 2.05) is 0 Å². The first-order valence-corrected chi connectivity index (χ1v) is 75.8. The summed E-state index contributed by atoms with van der Waals surface area (Å²) >= 11 is 0. The molecule has 0 saturated heterocycles. The van der Waals surface area contributed by atoms with Crippen LogP contribution >= 0.6 is 0 Å². The Kier molecular flexibility index (Phi) is 99.9. The smallest absolute Gasteiger partial charge is 0.0556 e. The number of benzene rings is 4. The molecule has 12 heteroatoms. The number of hydrogen-bond donors (Lipinski definition) is 0. The second-order valence-electron chi connectivity index (χ2n) is 47.9. The Hall–Kier alpha value is -1.44. The molecule has 0 aliphatic carbocycles. The molecule has 0 aliphatic heterocycles. The zero-order valence-corrected chi connectivity index (χ0v) is 106. The average molecular weight is 2200 g/mol. The van der Waals surface area contributed by atoms with Crippen LogP contribution in [0.25, 0.3) is 32.3 Å². The number of unbranched alkanes of at least 4 members (excludes halogenated alkanes) is 102. The fraction of sp³-hybridized carbons (Fsp3) is 0.870. The van der Waals surface area contributed by atoms with Gasteiger partial charge < -0.3 is 0 Å². The Bertz CT molecular complexity index is 3170. The molecule has 0 aliphatic rings. The van der Waals surface area contributed by atoms with E-state index in [0.717, 1.165) is 148 Å². The molecule has 150 heavy (non-hydrogen) atoms. The van der Waals surface area contributed by atoms with Gasteiger partial charge in [0.05, 0.1) is 94.2 Å². The second-order valence-corrected chi connectivity index (χ2v) is 57.1. The largest absolute Gasteiger partial charge is 0.254 e. The van der Waals surface area contributed by atoms with Gasteiger partial charge in [-0.2, -0.15) is 0 Å². The van der Waals surface area contributed by atoms with Crippen LogP contribution in [0.2, 0.25) is 0 Å². The van der Waals surface area contributed by atoms with Crippen LogP contribution in [0.1, 0.15) is 735 Å². The summed E-state index contributed by atoms with van der Waals surface area (Å²) in [5.74, 6) is 2.96. The van der Waals surface area contributed by atoms with Crippen molar-refractivity contribution in [3.8, 4) is 0 Å². The molecule has 0 radical (unpaired) electrons. The molecule has 0 aromatic heterocycles. The normalized spacial score (nSPS) is 13.2. The summed E-state index contributed by atoms with van der Waals surface area (Å²) in [6, 6.07) is 12.9. The van der Waals surface area contributed by atoms with E-state index in [4.69, 9.17) is 0 Å². The summed E-state index contributed by atoms with van der Waals surface area (Å²) in [6.45, 7) is 13.8. The first kappa shape index (κ1) is 141. The van der Waals surface area contributed by atoms with Gasteiger partial charge in [0.2, 0.25) is 0 Å². The van der Waals surface area contributed by atoms with E-state index in [1.165, 1.54) is 578 Å². The van der Waals surface area contributed by atoms with E-state index in [9.17, 15) is 0 Å². The second kappa shape index (κ2) is 106. The molecule has 0 saturated carbocycles. The van der Waals surface area contributed by atoms with Crippen molar-refractivity contribution in [2.45, 2.75) is 764 Å². The first-order chi connectivity index (χ1) is 74.1. The van der Waals surface area contributed by atoms with Gasteiger partial charge in [-0.1, -0.05) is 696 Å². The predicted octanol–water partition coefficient (Wildman–Crippen LogP) is 48.0. The maximum Gasteiger partial charge on any atom is 0.0556 e. The van der Waals surface area contributed by atoms with Gasteiger partial charge in [-0.15, -0.1) is 0 Å². The van der Waals surface area contributed by atoms with Crippen molar-refractivity contribution in [2.24, 2.45) is 0 Å². The lowest BCUT2D eigenvalue weighted by atomic mass is 9.94. The SMILES string of the molecule is CCCCCCCCCCCCCCCCCCCCS(=O)c1cc2c3cc(S(=O)CCCCCCCCCCCCCCCCCCCC)c(S(=O)CCCCCCCCCCCCCCCCCCCC)cc3c3cc(S(=O)CCCCCCCCCCCCCCCCCCCC)c(S(=O)CCCCCCCCCCCCCCCCCCCC)cc3c2cc1S(=O)CCCCCCCCCCCCCCCCCCCC. The summed E-state index contributed by atoms with van der Waals surface area (Å²) < 4.78 is 95.0. The molecule has 0 heterocycles. The van der Waals surface area contributed by atoms with Crippen LogP contribution < -0.4 is 0 Å². The minimum absolute atomic E-state index is 0.494. The molecular weight excluding hydrogens is 1950 g/mol. The van der Waals surface area contributed by atoms with Crippen LogP contribution in [0.4, 0.5) is 0 Å². The molecule has 0 N–H and O–H groups in total. The molecule has 0 spiro atoms. The fourth-order valence-corrected chi connectivity index (χ4v) is 32.5. The summed E-state index contributed by atoms with van der Waals surface area (Å²) in [6.07, 6.45) is 139. The Labute approximate surface area is 950 Å². The minimum Gasteiger partial charge on any atom is -0.254 e. The van der Waals surface area contributed by atoms with Crippen LogP contribution in [0.15, 0.2) is 65.8 Å². The maximum absolute atomic E-state index is 15.8. The van der Waals surface area contributed by atoms with Crippen molar-refractivity contribution in [1.29, 1.82) is 0 Å². The zero-order chi connectivity index (χ0) is 107. The van der Waals surface area contributed by atoms with Gasteiger partial charge in [0.1, 0.15) is 0 Å². The lowest BCUT2D eigenvalue weighted by Gasteiger charge is -2.20. The number of fused-ring (bicyclic) bond motifs is 6. The van der Waals surface area contributed by atoms with Crippen molar-refractivity contribution in [2.75, 3.05) is 34.5 Å². The van der Waals surface area contributed by atoms with E-state index in [1.54, 1.807) is 0 Å². The van der Waals surface area contributed by atoms with Crippen LogP contribution in [0.3, 0.4) is 0 Å². The van der Waals surface area contributed by atoms with Gasteiger partial charge in [0.25, 0.3) is 0 Å². The van der Waals surface area contributed by atoms with E-state index in [0.29, 0.717) is 63.9 Å². The molecule has 4 aromatic carbocycles. The Morgan fingerprint density at radius 1 is 0.100 bits per heavy atom. The molecule has 0 amide bonds. The van der Waals surface area contributed by atoms with Crippen LogP contribution in [-0.2, 0) is 64.8 Å². The van der Waals surface area contributed by atoms with Crippen molar-refractivity contribution >= 4 is 97.1 Å². The average Bonchev–Trinajstić information content (AvgIpc) is 0.715. The number of rotatable bonds is 120. The fourth-order valence-electron chi connectivity index (χ4n) is 23.6. The van der Waals surface area contributed by atoms with Crippen molar-refractivity contribution in [1.82, 2.24) is 0 Å². The van der Waals surface area contributed by atoms with Crippen molar-refractivity contribution in [3.05, 3.63) is 36.4 Å². The third kappa shape index (κ3) is 75.7. The van der Waals surface area contributed by atoms with Crippen molar-refractivity contribution in [3.63, 3.8) is 0 Å². The molecule has 0 fully saturated rings. The zero-order valence-electron chi connectivity index (χ0n) is 101. The van der Waals surface area contributed by atoms with Gasteiger partial charge >= 0.3 is 0 Å². The summed E-state index contributed by atoms with van der Waals surface area (Å²) in [5.41, 5.74) is 0. The summed E-state index contributed by atoms with van der Waals surface area (Å²) in [4.78, 5) is 3.91. The third-order valence-electron chi connectivity index (χ3n) is 33.7. The van der Waals surface area contributed by atoms with Gasteiger partial charge in [0, 0.05) is 34.5 Å². The van der Waals surface area contributed by atoms with E-state index >= 15 is 25.3 Å². The highest BCUT2D eigenvalue weighted by Crippen LogP contribution is 2.44. The van der Waals surface area contributed by atoms with Gasteiger partial charge in [-0.3, -0.25) is 25.3 Å². The summed E-state index contributed by atoms with van der Waals surface area (Å²) in [5, 5.41) is 5.21. The van der Waals surface area contributed by atoms with Gasteiger partial charge in [0.15, 0.2) is 0 Å². The molecule has 876 valence electrons. The van der Waals surface area contributed by atoms with Crippen molar-refractivity contribution < 1.29 is 25.3 Å². The lowest BCUT2D eigenvalue weighted by Crippen LogP contribution is -2.09. The predicted molar refractivity (Wildman–Crippen MR) is 679 cm³/mol. The summed E-state index contributed by atoms with van der Waals surface area (Å²) in [7, 11) is -8.85. The maximum atomic E-state index is 15.8. The molecule has 4 rings (SSSR count). The minimum atomic E-state index is -1.48. The molecule has 6 nitrogen and oxygen atoms in total. The number of hydrogen-bond acceptors (Lipinski definition) is 6.